The summed E-state index contributed by atoms with van der Waals surface area (Å²) in [5.41, 5.74) is 6.95. The Morgan fingerprint density at radius 2 is 2.06 bits per heavy atom. The van der Waals surface area contributed by atoms with Crippen LogP contribution in [0.15, 0.2) is 28.7 Å². The van der Waals surface area contributed by atoms with Crippen molar-refractivity contribution < 1.29 is 0 Å². The normalized spacial score (nSPS) is 13.0. The molecule has 1 unspecified atom stereocenters. The number of likely N-dealkylation sites (N-methyl/N-ethyl adjacent to an activating group) is 1. The van der Waals surface area contributed by atoms with Gasteiger partial charge in [0.05, 0.1) is 0 Å². The Morgan fingerprint density at radius 1 is 1.35 bits per heavy atom. The van der Waals surface area contributed by atoms with E-state index >= 15 is 0 Å². The second kappa shape index (κ2) is 7.85. The van der Waals surface area contributed by atoms with Gasteiger partial charge in [-0.25, -0.2) is 0 Å². The smallest absolute Gasteiger partial charge is 0.0207 e. The summed E-state index contributed by atoms with van der Waals surface area (Å²) < 4.78 is 1.21. The maximum Gasteiger partial charge on any atom is 0.0207 e. The van der Waals surface area contributed by atoms with Crippen LogP contribution in [0.25, 0.3) is 0 Å². The molecular weight excluding hydrogens is 276 g/mol. The van der Waals surface area contributed by atoms with Gasteiger partial charge in [-0.1, -0.05) is 41.1 Å². The molecule has 1 aromatic rings. The molecule has 3 heteroatoms. The van der Waals surface area contributed by atoms with Gasteiger partial charge in [-0.15, -0.1) is 0 Å². The van der Waals surface area contributed by atoms with E-state index in [2.05, 4.69) is 59.1 Å². The van der Waals surface area contributed by atoms with Gasteiger partial charge >= 0.3 is 0 Å². The van der Waals surface area contributed by atoms with E-state index in [9.17, 15) is 0 Å². The van der Waals surface area contributed by atoms with Crippen LogP contribution >= 0.6 is 15.9 Å². The number of hydrogen-bond donors (Lipinski definition) is 1. The number of benzene rings is 1. The first kappa shape index (κ1) is 14.7. The maximum atomic E-state index is 5.57. The molecule has 0 aliphatic carbocycles. The highest BCUT2D eigenvalue weighted by Gasteiger charge is 2.06. The molecule has 0 saturated heterocycles. The molecular formula is C14H23BrN2. The largest absolute Gasteiger partial charge is 0.330 e. The summed E-state index contributed by atoms with van der Waals surface area (Å²) in [4.78, 5) is 2.39. The van der Waals surface area contributed by atoms with Crippen molar-refractivity contribution in [2.75, 3.05) is 26.7 Å². The van der Waals surface area contributed by atoms with Crippen LogP contribution in [0.1, 0.15) is 18.9 Å². The third-order valence-corrected chi connectivity index (χ3v) is 3.78. The monoisotopic (exact) mass is 298 g/mol. The number of nitrogens with two attached hydrogens (primary N) is 1. The summed E-state index contributed by atoms with van der Waals surface area (Å²) >= 11 is 3.59. The summed E-state index contributed by atoms with van der Waals surface area (Å²) in [6.07, 6.45) is 2.20. The molecule has 0 aliphatic rings. The second-order valence-corrected chi connectivity index (χ2v) is 5.64. The summed E-state index contributed by atoms with van der Waals surface area (Å²) in [5.74, 6) is 0.684. The van der Waals surface area contributed by atoms with Crippen LogP contribution in [0.4, 0.5) is 0 Å². The van der Waals surface area contributed by atoms with Crippen LogP contribution in [0.5, 0.6) is 0 Å². The van der Waals surface area contributed by atoms with E-state index in [1.54, 1.807) is 0 Å². The van der Waals surface area contributed by atoms with Crippen LogP contribution in [-0.2, 0) is 6.42 Å². The molecule has 0 aliphatic heterocycles. The Labute approximate surface area is 113 Å². The molecule has 1 rings (SSSR count). The molecule has 0 bridgehead atoms. The van der Waals surface area contributed by atoms with Crippen molar-refractivity contribution in [3.63, 3.8) is 0 Å². The van der Waals surface area contributed by atoms with Gasteiger partial charge in [-0.05, 0) is 44.0 Å². The van der Waals surface area contributed by atoms with Crippen LogP contribution in [0.2, 0.25) is 0 Å². The third kappa shape index (κ3) is 5.66. The Kier molecular flexibility index (Phi) is 6.78. The van der Waals surface area contributed by atoms with E-state index in [0.29, 0.717) is 5.92 Å². The average molecular weight is 299 g/mol. The minimum absolute atomic E-state index is 0.684. The molecule has 2 nitrogen and oxygen atoms in total. The predicted molar refractivity (Wildman–Crippen MR) is 78.2 cm³/mol. The van der Waals surface area contributed by atoms with Gasteiger partial charge in [0.2, 0.25) is 0 Å². The molecule has 0 heterocycles. The van der Waals surface area contributed by atoms with Gasteiger partial charge in [0.25, 0.3) is 0 Å². The minimum atomic E-state index is 0.684. The molecule has 0 amide bonds. The van der Waals surface area contributed by atoms with E-state index < -0.39 is 0 Å². The first-order valence-corrected chi connectivity index (χ1v) is 7.04. The highest BCUT2D eigenvalue weighted by molar-refractivity contribution is 9.10. The predicted octanol–water partition coefficient (Wildman–Crippen LogP) is 2.91. The molecule has 1 aromatic carbocycles. The van der Waals surface area contributed by atoms with Crippen molar-refractivity contribution in [2.45, 2.75) is 19.8 Å². The van der Waals surface area contributed by atoms with E-state index in [1.807, 2.05) is 0 Å². The Bertz CT molecular complexity index is 328. The van der Waals surface area contributed by atoms with Crippen molar-refractivity contribution in [3.8, 4) is 0 Å². The van der Waals surface area contributed by atoms with Crippen molar-refractivity contribution in [1.29, 1.82) is 0 Å². The van der Waals surface area contributed by atoms with Gasteiger partial charge in [-0.2, -0.15) is 0 Å². The first-order valence-electron chi connectivity index (χ1n) is 6.25. The summed E-state index contributed by atoms with van der Waals surface area (Å²) in [5, 5.41) is 0. The zero-order valence-electron chi connectivity index (χ0n) is 10.8. The molecule has 0 saturated carbocycles. The second-order valence-electron chi connectivity index (χ2n) is 4.79. The van der Waals surface area contributed by atoms with Crippen molar-refractivity contribution in [2.24, 2.45) is 11.7 Å². The third-order valence-electron chi connectivity index (χ3n) is 3.00. The van der Waals surface area contributed by atoms with Gasteiger partial charge < -0.3 is 10.6 Å². The zero-order chi connectivity index (χ0) is 12.7. The number of rotatable bonds is 7. The summed E-state index contributed by atoms with van der Waals surface area (Å²) in [6.45, 7) is 5.28. The van der Waals surface area contributed by atoms with E-state index in [-0.39, 0.29) is 0 Å². The van der Waals surface area contributed by atoms with Crippen LogP contribution in [-0.4, -0.2) is 31.6 Å². The number of nitrogens with zero attached hydrogens (tertiary/aromatic N) is 1. The molecule has 0 fully saturated rings. The Morgan fingerprint density at radius 3 is 2.71 bits per heavy atom. The van der Waals surface area contributed by atoms with E-state index in [4.69, 9.17) is 5.73 Å². The maximum absolute atomic E-state index is 5.57. The van der Waals surface area contributed by atoms with E-state index in [1.165, 1.54) is 10.0 Å². The lowest BCUT2D eigenvalue weighted by Gasteiger charge is -2.21. The number of hydrogen-bond acceptors (Lipinski definition) is 2. The average Bonchev–Trinajstić information content (AvgIpc) is 2.28. The van der Waals surface area contributed by atoms with Crippen LogP contribution < -0.4 is 5.73 Å². The van der Waals surface area contributed by atoms with Crippen LogP contribution in [0.3, 0.4) is 0 Å². The number of halogens is 1. The molecule has 0 aromatic heterocycles. The molecule has 96 valence electrons. The Balaban J connectivity index is 2.33. The minimum Gasteiger partial charge on any atom is -0.330 e. The highest BCUT2D eigenvalue weighted by atomic mass is 79.9. The lowest BCUT2D eigenvalue weighted by molar-refractivity contribution is 0.283. The SMILES string of the molecule is CC(CCN)CN(C)CCc1ccccc1Br. The lowest BCUT2D eigenvalue weighted by Crippen LogP contribution is -2.27. The molecule has 17 heavy (non-hydrogen) atoms. The van der Waals surface area contributed by atoms with Gasteiger partial charge in [0, 0.05) is 17.6 Å². The fraction of sp³-hybridized carbons (Fsp3) is 0.571. The lowest BCUT2D eigenvalue weighted by atomic mass is 10.1. The van der Waals surface area contributed by atoms with Crippen LogP contribution in [0, 0.1) is 5.92 Å². The summed E-state index contributed by atoms with van der Waals surface area (Å²) in [7, 11) is 2.18. The van der Waals surface area contributed by atoms with Gasteiger partial charge in [0.15, 0.2) is 0 Å². The van der Waals surface area contributed by atoms with Crippen molar-refractivity contribution in [1.82, 2.24) is 4.90 Å². The molecule has 0 radical (unpaired) electrons. The fourth-order valence-corrected chi connectivity index (χ4v) is 2.49. The van der Waals surface area contributed by atoms with Gasteiger partial charge in [-0.3, -0.25) is 0 Å². The topological polar surface area (TPSA) is 29.3 Å². The highest BCUT2D eigenvalue weighted by Crippen LogP contribution is 2.16. The molecule has 1 atom stereocenters. The standard InChI is InChI=1S/C14H23BrN2/c1-12(7-9-16)11-17(2)10-8-13-5-3-4-6-14(13)15/h3-6,12H,7-11,16H2,1-2H3. The molecule has 0 spiro atoms. The molecule has 2 N–H and O–H groups in total. The van der Waals surface area contributed by atoms with Crippen molar-refractivity contribution in [3.05, 3.63) is 34.3 Å². The van der Waals surface area contributed by atoms with E-state index in [0.717, 1.165) is 32.5 Å². The quantitative estimate of drug-likeness (QED) is 0.839. The van der Waals surface area contributed by atoms with Gasteiger partial charge in [0.1, 0.15) is 0 Å². The fourth-order valence-electron chi connectivity index (χ4n) is 2.01. The zero-order valence-corrected chi connectivity index (χ0v) is 12.4. The Hall–Kier alpha value is -0.380. The van der Waals surface area contributed by atoms with Crippen molar-refractivity contribution >= 4 is 15.9 Å². The summed E-state index contributed by atoms with van der Waals surface area (Å²) in [6, 6.07) is 8.44. The first-order chi connectivity index (χ1) is 8.13.